The zero-order valence-corrected chi connectivity index (χ0v) is 13.7. The van der Waals surface area contributed by atoms with Crippen LogP contribution in [-0.2, 0) is 10.2 Å². The average molecular weight is 360 g/mol. The minimum Gasteiger partial charge on any atom is -0.272 e. The second kappa shape index (κ2) is 6.52. The Morgan fingerprint density at radius 2 is 1.60 bits per heavy atom. The molecule has 3 rings (SSSR count). The van der Waals surface area contributed by atoms with Crippen molar-refractivity contribution < 1.29 is 14.5 Å². The zero-order chi connectivity index (χ0) is 18.0. The average Bonchev–Trinajstić information content (AvgIpc) is 3.42. The van der Waals surface area contributed by atoms with E-state index in [1.807, 2.05) is 0 Å². The maximum absolute atomic E-state index is 12.4. The van der Waals surface area contributed by atoms with Gasteiger partial charge < -0.3 is 0 Å². The lowest BCUT2D eigenvalue weighted by molar-refractivity contribution is -0.384. The molecule has 128 valence electrons. The first-order chi connectivity index (χ1) is 11.9. The summed E-state index contributed by atoms with van der Waals surface area (Å²) in [6.07, 6.45) is 1.38. The lowest BCUT2D eigenvalue weighted by Gasteiger charge is -2.16. The molecular weight excluding hydrogens is 346 g/mol. The Hall–Kier alpha value is -2.93. The van der Waals surface area contributed by atoms with E-state index in [0.29, 0.717) is 17.9 Å². The Morgan fingerprint density at radius 1 is 1.00 bits per heavy atom. The number of amides is 2. The number of carbonyl (C=O) groups excluding carboxylic acids is 2. The largest absolute Gasteiger partial charge is 0.272 e. The topological polar surface area (TPSA) is 101 Å². The van der Waals surface area contributed by atoms with Gasteiger partial charge in [0.15, 0.2) is 0 Å². The van der Waals surface area contributed by atoms with E-state index >= 15 is 0 Å². The number of rotatable bonds is 4. The molecule has 1 fully saturated rings. The first kappa shape index (κ1) is 16.9. The molecule has 0 bridgehead atoms. The van der Waals surface area contributed by atoms with Crippen molar-refractivity contribution in [1.29, 1.82) is 0 Å². The number of hydrogen-bond acceptors (Lipinski definition) is 4. The number of hydrogen-bond donors (Lipinski definition) is 2. The minimum absolute atomic E-state index is 0.111. The molecule has 0 radical (unpaired) electrons. The van der Waals surface area contributed by atoms with Crippen LogP contribution < -0.4 is 10.9 Å². The molecule has 2 N–H and O–H groups in total. The predicted molar refractivity (Wildman–Crippen MR) is 91.1 cm³/mol. The zero-order valence-electron chi connectivity index (χ0n) is 13.0. The highest BCUT2D eigenvalue weighted by Gasteiger charge is 2.51. The van der Waals surface area contributed by atoms with Gasteiger partial charge in [-0.05, 0) is 42.7 Å². The Labute approximate surface area is 148 Å². The van der Waals surface area contributed by atoms with Gasteiger partial charge in [-0.2, -0.15) is 0 Å². The monoisotopic (exact) mass is 359 g/mol. The molecule has 0 saturated heterocycles. The molecule has 25 heavy (non-hydrogen) atoms. The number of nitro groups is 1. The van der Waals surface area contributed by atoms with Crippen LogP contribution in [0.4, 0.5) is 5.69 Å². The molecule has 1 aliphatic rings. The van der Waals surface area contributed by atoms with Crippen molar-refractivity contribution in [2.75, 3.05) is 0 Å². The smallest absolute Gasteiger partial charge is 0.269 e. The molecule has 2 aromatic carbocycles. The van der Waals surface area contributed by atoms with Gasteiger partial charge in [-0.3, -0.25) is 30.6 Å². The molecule has 1 aliphatic carbocycles. The Balaban J connectivity index is 1.63. The lowest BCUT2D eigenvalue weighted by atomic mass is 9.95. The third kappa shape index (κ3) is 3.46. The number of halogens is 1. The summed E-state index contributed by atoms with van der Waals surface area (Å²) < 4.78 is 0. The molecule has 0 unspecified atom stereocenters. The van der Waals surface area contributed by atoms with E-state index in [9.17, 15) is 19.7 Å². The minimum atomic E-state index is -0.645. The van der Waals surface area contributed by atoms with E-state index in [-0.39, 0.29) is 17.2 Å². The van der Waals surface area contributed by atoms with Gasteiger partial charge in [0.25, 0.3) is 11.6 Å². The van der Waals surface area contributed by atoms with Crippen LogP contribution in [-0.4, -0.2) is 16.7 Å². The number of benzene rings is 2. The highest BCUT2D eigenvalue weighted by Crippen LogP contribution is 2.48. The summed E-state index contributed by atoms with van der Waals surface area (Å²) in [6, 6.07) is 12.1. The van der Waals surface area contributed by atoms with Crippen molar-refractivity contribution in [3.8, 4) is 0 Å². The number of hydrazine groups is 1. The van der Waals surface area contributed by atoms with Gasteiger partial charge in [0, 0.05) is 22.7 Å². The number of nitrogens with zero attached hydrogens (tertiary/aromatic N) is 1. The summed E-state index contributed by atoms with van der Waals surface area (Å²) in [7, 11) is 0. The van der Waals surface area contributed by atoms with Crippen LogP contribution in [0.5, 0.6) is 0 Å². The maximum atomic E-state index is 12.4. The summed E-state index contributed by atoms with van der Waals surface area (Å²) in [5.41, 5.74) is 5.07. The molecule has 0 atom stereocenters. The lowest BCUT2D eigenvalue weighted by Crippen LogP contribution is -2.46. The summed E-state index contributed by atoms with van der Waals surface area (Å²) in [6.45, 7) is 0. The summed E-state index contributed by atoms with van der Waals surface area (Å²) in [4.78, 5) is 34.6. The molecule has 7 nitrogen and oxygen atoms in total. The SMILES string of the molecule is O=C(NNC(=O)C1(c2ccc(Cl)cc2)CC1)c1ccc([N+](=O)[O-])cc1. The molecule has 0 aromatic heterocycles. The van der Waals surface area contributed by atoms with Gasteiger partial charge in [0.05, 0.1) is 10.3 Å². The highest BCUT2D eigenvalue weighted by molar-refractivity contribution is 6.30. The third-order valence-electron chi connectivity index (χ3n) is 4.21. The Bertz CT molecular complexity index is 830. The fourth-order valence-electron chi connectivity index (χ4n) is 2.58. The Morgan fingerprint density at radius 3 is 2.12 bits per heavy atom. The van der Waals surface area contributed by atoms with Gasteiger partial charge >= 0.3 is 0 Å². The van der Waals surface area contributed by atoms with Crippen LogP contribution in [0.25, 0.3) is 0 Å². The molecule has 0 aliphatic heterocycles. The fourth-order valence-corrected chi connectivity index (χ4v) is 2.71. The summed E-state index contributed by atoms with van der Waals surface area (Å²) in [5.74, 6) is -0.847. The molecule has 8 heteroatoms. The van der Waals surface area contributed by atoms with Gasteiger partial charge in [-0.15, -0.1) is 0 Å². The van der Waals surface area contributed by atoms with Crippen molar-refractivity contribution >= 4 is 29.1 Å². The molecule has 2 amide bonds. The molecule has 2 aromatic rings. The second-order valence-electron chi connectivity index (χ2n) is 5.80. The van der Waals surface area contributed by atoms with Gasteiger partial charge in [0.1, 0.15) is 0 Å². The number of carbonyl (C=O) groups is 2. The predicted octanol–water partition coefficient (Wildman–Crippen LogP) is 2.74. The molecule has 1 saturated carbocycles. The number of nitro benzene ring substituents is 1. The highest BCUT2D eigenvalue weighted by atomic mass is 35.5. The van der Waals surface area contributed by atoms with Crippen molar-refractivity contribution in [1.82, 2.24) is 10.9 Å². The normalized spacial score (nSPS) is 14.4. The van der Waals surface area contributed by atoms with Gasteiger partial charge in [-0.1, -0.05) is 23.7 Å². The summed E-state index contributed by atoms with van der Waals surface area (Å²) in [5, 5.41) is 11.2. The Kier molecular flexibility index (Phi) is 4.41. The first-order valence-corrected chi connectivity index (χ1v) is 7.91. The summed E-state index contributed by atoms with van der Waals surface area (Å²) >= 11 is 5.86. The van der Waals surface area contributed by atoms with Crippen molar-refractivity contribution in [2.24, 2.45) is 0 Å². The van der Waals surface area contributed by atoms with E-state index in [4.69, 9.17) is 11.6 Å². The number of nitrogens with one attached hydrogen (secondary N) is 2. The van der Waals surface area contributed by atoms with E-state index in [1.165, 1.54) is 24.3 Å². The second-order valence-corrected chi connectivity index (χ2v) is 6.24. The van der Waals surface area contributed by atoms with Crippen LogP contribution in [0.3, 0.4) is 0 Å². The van der Waals surface area contributed by atoms with Crippen LogP contribution in [0, 0.1) is 10.1 Å². The quantitative estimate of drug-likeness (QED) is 0.647. The molecule has 0 spiro atoms. The van der Waals surface area contributed by atoms with Gasteiger partial charge in [0.2, 0.25) is 5.91 Å². The third-order valence-corrected chi connectivity index (χ3v) is 4.46. The van der Waals surface area contributed by atoms with E-state index in [1.54, 1.807) is 24.3 Å². The van der Waals surface area contributed by atoms with E-state index in [0.717, 1.165) is 5.56 Å². The van der Waals surface area contributed by atoms with E-state index in [2.05, 4.69) is 10.9 Å². The van der Waals surface area contributed by atoms with Crippen molar-refractivity contribution in [3.05, 3.63) is 74.8 Å². The van der Waals surface area contributed by atoms with Gasteiger partial charge in [-0.25, -0.2) is 0 Å². The van der Waals surface area contributed by atoms with Crippen molar-refractivity contribution in [3.63, 3.8) is 0 Å². The first-order valence-electron chi connectivity index (χ1n) is 7.54. The van der Waals surface area contributed by atoms with Crippen LogP contribution >= 0.6 is 11.6 Å². The molecule has 0 heterocycles. The van der Waals surface area contributed by atoms with Crippen LogP contribution in [0.2, 0.25) is 5.02 Å². The molecular formula is C17H14ClN3O4. The van der Waals surface area contributed by atoms with Crippen molar-refractivity contribution in [2.45, 2.75) is 18.3 Å². The fraction of sp³-hybridized carbons (Fsp3) is 0.176. The standard InChI is InChI=1S/C17H14ClN3O4/c18-13-5-3-12(4-6-13)17(9-10-17)16(23)20-19-15(22)11-1-7-14(8-2-11)21(24)25/h1-8H,9-10H2,(H,19,22)(H,20,23). The van der Waals surface area contributed by atoms with Crippen LogP contribution in [0.1, 0.15) is 28.8 Å². The number of non-ortho nitro benzene ring substituents is 1. The van der Waals surface area contributed by atoms with Crippen LogP contribution in [0.15, 0.2) is 48.5 Å². The maximum Gasteiger partial charge on any atom is 0.269 e. The van der Waals surface area contributed by atoms with E-state index < -0.39 is 16.2 Å².